The molecule has 1 unspecified atom stereocenters. The molecule has 0 aromatic heterocycles. The third-order valence-electron chi connectivity index (χ3n) is 3.05. The van der Waals surface area contributed by atoms with E-state index in [1.165, 1.54) is 5.56 Å². The summed E-state index contributed by atoms with van der Waals surface area (Å²) in [6.45, 7) is 4.21. The third-order valence-corrected chi connectivity index (χ3v) is 3.05. The van der Waals surface area contributed by atoms with Crippen molar-refractivity contribution in [2.45, 2.75) is 12.6 Å². The lowest BCUT2D eigenvalue weighted by molar-refractivity contribution is -0.0260. The van der Waals surface area contributed by atoms with Gasteiger partial charge in [0.05, 0.1) is 19.8 Å². The lowest BCUT2D eigenvalue weighted by atomic mass is 10.2. The molecule has 0 radical (unpaired) electrons. The zero-order chi connectivity index (χ0) is 12.1. The van der Waals surface area contributed by atoms with E-state index in [1.54, 1.807) is 7.11 Å². The summed E-state index contributed by atoms with van der Waals surface area (Å²) >= 11 is 0. The Labute approximate surface area is 102 Å². The summed E-state index contributed by atoms with van der Waals surface area (Å²) in [6, 6.07) is 8.20. The normalized spacial score (nSPS) is 21.4. The maximum atomic E-state index is 5.63. The van der Waals surface area contributed by atoms with E-state index in [0.717, 1.165) is 32.0 Å². The molecule has 94 valence electrons. The average molecular weight is 236 g/mol. The number of hydrogen-bond acceptors (Lipinski definition) is 4. The molecule has 2 N–H and O–H groups in total. The van der Waals surface area contributed by atoms with E-state index in [2.05, 4.69) is 17.0 Å². The van der Waals surface area contributed by atoms with E-state index in [-0.39, 0.29) is 6.10 Å². The molecule has 17 heavy (non-hydrogen) atoms. The summed E-state index contributed by atoms with van der Waals surface area (Å²) in [7, 11) is 1.68. The maximum absolute atomic E-state index is 5.63. The summed E-state index contributed by atoms with van der Waals surface area (Å²) in [5, 5.41) is 0. The van der Waals surface area contributed by atoms with E-state index in [4.69, 9.17) is 15.2 Å². The molecule has 0 bridgehead atoms. The summed E-state index contributed by atoms with van der Waals surface area (Å²) in [5.74, 6) is 0.899. The van der Waals surface area contributed by atoms with Crippen molar-refractivity contribution in [1.29, 1.82) is 0 Å². The van der Waals surface area contributed by atoms with Crippen LogP contribution in [-0.4, -0.2) is 44.4 Å². The van der Waals surface area contributed by atoms with Gasteiger partial charge < -0.3 is 15.2 Å². The summed E-state index contributed by atoms with van der Waals surface area (Å²) < 4.78 is 10.7. The number of morpholine rings is 1. The van der Waals surface area contributed by atoms with Crippen LogP contribution in [0.4, 0.5) is 0 Å². The van der Waals surface area contributed by atoms with E-state index >= 15 is 0 Å². The van der Waals surface area contributed by atoms with Crippen LogP contribution in [-0.2, 0) is 11.3 Å². The second kappa shape index (κ2) is 6.00. The van der Waals surface area contributed by atoms with Gasteiger partial charge in [0.25, 0.3) is 0 Å². The second-order valence-electron chi connectivity index (χ2n) is 4.31. The van der Waals surface area contributed by atoms with Crippen molar-refractivity contribution >= 4 is 0 Å². The summed E-state index contributed by atoms with van der Waals surface area (Å²) in [4.78, 5) is 2.38. The fourth-order valence-electron chi connectivity index (χ4n) is 2.06. The maximum Gasteiger partial charge on any atom is 0.118 e. The molecule has 0 amide bonds. The van der Waals surface area contributed by atoms with E-state index in [1.807, 2.05) is 12.1 Å². The molecular formula is C13H20N2O2. The standard InChI is InChI=1S/C13H20N2O2/c1-16-12-4-2-11(3-5-12)9-15-6-7-17-13(8-14)10-15/h2-5,13H,6-10,14H2,1H3. The smallest absolute Gasteiger partial charge is 0.118 e. The van der Waals surface area contributed by atoms with Crippen LogP contribution in [0.25, 0.3) is 0 Å². The fourth-order valence-corrected chi connectivity index (χ4v) is 2.06. The largest absolute Gasteiger partial charge is 0.497 e. The van der Waals surface area contributed by atoms with Gasteiger partial charge in [0, 0.05) is 26.2 Å². The Morgan fingerprint density at radius 2 is 2.18 bits per heavy atom. The Balaban J connectivity index is 1.90. The number of nitrogens with zero attached hydrogens (tertiary/aromatic N) is 1. The molecule has 0 saturated carbocycles. The quantitative estimate of drug-likeness (QED) is 0.842. The molecule has 4 nitrogen and oxygen atoms in total. The van der Waals surface area contributed by atoms with Crippen LogP contribution in [0.3, 0.4) is 0 Å². The van der Waals surface area contributed by atoms with Gasteiger partial charge in [0.1, 0.15) is 5.75 Å². The number of hydrogen-bond donors (Lipinski definition) is 1. The van der Waals surface area contributed by atoms with Gasteiger partial charge in [-0.25, -0.2) is 0 Å². The van der Waals surface area contributed by atoms with Gasteiger partial charge in [0.15, 0.2) is 0 Å². The minimum Gasteiger partial charge on any atom is -0.497 e. The molecule has 1 aliphatic rings. The number of methoxy groups -OCH3 is 1. The Hall–Kier alpha value is -1.10. The molecule has 1 saturated heterocycles. The van der Waals surface area contributed by atoms with Crippen LogP contribution < -0.4 is 10.5 Å². The van der Waals surface area contributed by atoms with Gasteiger partial charge in [-0.1, -0.05) is 12.1 Å². The molecule has 1 aliphatic heterocycles. The topological polar surface area (TPSA) is 47.7 Å². The summed E-state index contributed by atoms with van der Waals surface area (Å²) in [5.41, 5.74) is 6.92. The minimum absolute atomic E-state index is 0.182. The summed E-state index contributed by atoms with van der Waals surface area (Å²) in [6.07, 6.45) is 0.182. The van der Waals surface area contributed by atoms with Crippen molar-refractivity contribution in [3.05, 3.63) is 29.8 Å². The predicted molar refractivity (Wildman–Crippen MR) is 67.1 cm³/mol. The van der Waals surface area contributed by atoms with Gasteiger partial charge in [-0.2, -0.15) is 0 Å². The van der Waals surface area contributed by atoms with Crippen molar-refractivity contribution in [3.63, 3.8) is 0 Å². The Kier molecular flexibility index (Phi) is 4.36. The average Bonchev–Trinajstić information content (AvgIpc) is 2.40. The van der Waals surface area contributed by atoms with Crippen molar-refractivity contribution < 1.29 is 9.47 Å². The van der Waals surface area contributed by atoms with E-state index < -0.39 is 0 Å². The monoisotopic (exact) mass is 236 g/mol. The number of rotatable bonds is 4. The lowest BCUT2D eigenvalue weighted by Gasteiger charge is -2.32. The highest BCUT2D eigenvalue weighted by molar-refractivity contribution is 5.27. The zero-order valence-corrected chi connectivity index (χ0v) is 10.3. The predicted octanol–water partition coefficient (Wildman–Crippen LogP) is 0.855. The van der Waals surface area contributed by atoms with Crippen LogP contribution in [0, 0.1) is 0 Å². The molecule has 4 heteroatoms. The first-order valence-corrected chi connectivity index (χ1v) is 5.99. The van der Waals surface area contributed by atoms with Gasteiger partial charge in [-0.3, -0.25) is 4.90 Å². The lowest BCUT2D eigenvalue weighted by Crippen LogP contribution is -2.45. The fraction of sp³-hybridized carbons (Fsp3) is 0.538. The first kappa shape index (κ1) is 12.4. The van der Waals surface area contributed by atoms with Crippen LogP contribution >= 0.6 is 0 Å². The van der Waals surface area contributed by atoms with Crippen molar-refractivity contribution in [2.75, 3.05) is 33.4 Å². The highest BCUT2D eigenvalue weighted by atomic mass is 16.5. The molecule has 0 spiro atoms. The molecule has 1 heterocycles. The van der Waals surface area contributed by atoms with Crippen LogP contribution in [0.15, 0.2) is 24.3 Å². The number of benzene rings is 1. The number of ether oxygens (including phenoxy) is 2. The molecule has 2 rings (SSSR count). The molecule has 1 aromatic carbocycles. The SMILES string of the molecule is COc1ccc(CN2CCOC(CN)C2)cc1. The van der Waals surface area contributed by atoms with Gasteiger partial charge in [-0.15, -0.1) is 0 Å². The third kappa shape index (κ3) is 3.43. The minimum atomic E-state index is 0.182. The highest BCUT2D eigenvalue weighted by Crippen LogP contribution is 2.14. The van der Waals surface area contributed by atoms with Crippen LogP contribution in [0.2, 0.25) is 0 Å². The Morgan fingerprint density at radius 1 is 1.41 bits per heavy atom. The number of nitrogens with two attached hydrogens (primary N) is 1. The zero-order valence-electron chi connectivity index (χ0n) is 10.3. The van der Waals surface area contributed by atoms with E-state index in [9.17, 15) is 0 Å². The second-order valence-corrected chi connectivity index (χ2v) is 4.31. The van der Waals surface area contributed by atoms with Crippen molar-refractivity contribution in [1.82, 2.24) is 4.90 Å². The molecule has 1 aromatic rings. The first-order valence-electron chi connectivity index (χ1n) is 5.99. The molecule has 0 aliphatic carbocycles. The Morgan fingerprint density at radius 3 is 2.82 bits per heavy atom. The van der Waals surface area contributed by atoms with Gasteiger partial charge in [-0.05, 0) is 17.7 Å². The molecule has 1 fully saturated rings. The van der Waals surface area contributed by atoms with Gasteiger partial charge in [0.2, 0.25) is 0 Å². The van der Waals surface area contributed by atoms with E-state index in [0.29, 0.717) is 6.54 Å². The molecular weight excluding hydrogens is 216 g/mol. The van der Waals surface area contributed by atoms with Crippen molar-refractivity contribution in [2.24, 2.45) is 5.73 Å². The van der Waals surface area contributed by atoms with Crippen molar-refractivity contribution in [3.8, 4) is 5.75 Å². The van der Waals surface area contributed by atoms with Crippen LogP contribution in [0.5, 0.6) is 5.75 Å². The molecule has 1 atom stereocenters. The van der Waals surface area contributed by atoms with Crippen LogP contribution in [0.1, 0.15) is 5.56 Å². The highest BCUT2D eigenvalue weighted by Gasteiger charge is 2.18. The van der Waals surface area contributed by atoms with Gasteiger partial charge >= 0.3 is 0 Å². The Bertz CT molecular complexity index is 340. The first-order chi connectivity index (χ1) is 8.31.